The largest absolute Gasteiger partial charge is 1.00 e. The predicted molar refractivity (Wildman–Crippen MR) is 86.5 cm³/mol. The molecule has 3 heteroatoms. The standard InChI is InChI=1S/C18H28N2.BrH/c1-4-5-14-19-18(17-12-7-6-8-13-17)20-15(2)10-9-11-16(20)3;/h6-8,12-13,15-16H,4-5,9-11,14H2,1-3H3;1H. The fourth-order valence-electron chi connectivity index (χ4n) is 3.18. The van der Waals surface area contributed by atoms with E-state index in [2.05, 4.69) is 61.0 Å². The molecule has 0 spiro atoms. The Morgan fingerprint density at radius 2 is 1.76 bits per heavy atom. The highest BCUT2D eigenvalue weighted by Gasteiger charge is 2.28. The van der Waals surface area contributed by atoms with Gasteiger partial charge in [-0.3, -0.25) is 9.89 Å². The van der Waals surface area contributed by atoms with Gasteiger partial charge in [-0.15, -0.1) is 0 Å². The first-order chi connectivity index (χ1) is 9.74. The molecule has 0 aromatic heterocycles. The van der Waals surface area contributed by atoms with Gasteiger partial charge in [-0.2, -0.15) is 0 Å². The summed E-state index contributed by atoms with van der Waals surface area (Å²) in [5.41, 5.74) is 1.32. The molecule has 1 aromatic carbocycles. The molecule has 2 unspecified atom stereocenters. The van der Waals surface area contributed by atoms with E-state index in [0.717, 1.165) is 6.54 Å². The molecule has 0 amide bonds. The molecule has 2 nitrogen and oxygen atoms in total. The van der Waals surface area contributed by atoms with Crippen molar-refractivity contribution in [1.29, 1.82) is 0 Å². The fraction of sp³-hybridized carbons (Fsp3) is 0.611. The van der Waals surface area contributed by atoms with Gasteiger partial charge < -0.3 is 17.0 Å². The summed E-state index contributed by atoms with van der Waals surface area (Å²) in [5, 5.41) is 3.71. The lowest BCUT2D eigenvalue weighted by atomic mass is 9.98. The maximum Gasteiger partial charge on any atom is 0.277 e. The Morgan fingerprint density at radius 3 is 2.33 bits per heavy atom. The van der Waals surface area contributed by atoms with E-state index in [9.17, 15) is 0 Å². The second-order valence-electron chi connectivity index (χ2n) is 6.03. The van der Waals surface area contributed by atoms with Crippen LogP contribution in [0.3, 0.4) is 0 Å². The molecule has 0 bridgehead atoms. The summed E-state index contributed by atoms with van der Waals surface area (Å²) < 4.78 is 2.61. The summed E-state index contributed by atoms with van der Waals surface area (Å²) >= 11 is 0. The number of hydrogen-bond donors (Lipinski definition) is 1. The molecule has 1 aliphatic rings. The van der Waals surface area contributed by atoms with E-state index < -0.39 is 0 Å². The van der Waals surface area contributed by atoms with Crippen LogP contribution < -0.4 is 22.3 Å². The van der Waals surface area contributed by atoms with Gasteiger partial charge in [-0.05, 0) is 51.7 Å². The Morgan fingerprint density at radius 1 is 1.14 bits per heavy atom. The van der Waals surface area contributed by atoms with Gasteiger partial charge in [0.25, 0.3) is 5.84 Å². The van der Waals surface area contributed by atoms with Gasteiger partial charge in [0, 0.05) is 0 Å². The maximum absolute atomic E-state index is 3.71. The normalized spacial score (nSPS) is 21.6. The lowest BCUT2D eigenvalue weighted by Crippen LogP contribution is -3.00. The van der Waals surface area contributed by atoms with Crippen molar-refractivity contribution in [3.63, 3.8) is 0 Å². The number of hydrogen-bond acceptors (Lipinski definition) is 0. The summed E-state index contributed by atoms with van der Waals surface area (Å²) in [7, 11) is 0. The lowest BCUT2D eigenvalue weighted by Gasteiger charge is -2.29. The number of unbranched alkanes of at least 4 members (excludes halogenated alkanes) is 1. The van der Waals surface area contributed by atoms with Crippen molar-refractivity contribution in [2.45, 2.75) is 65.0 Å². The van der Waals surface area contributed by atoms with Gasteiger partial charge in [0.05, 0.1) is 24.2 Å². The van der Waals surface area contributed by atoms with Crippen LogP contribution in [-0.4, -0.2) is 29.0 Å². The Balaban J connectivity index is 0.00000220. The van der Waals surface area contributed by atoms with E-state index in [4.69, 9.17) is 0 Å². The van der Waals surface area contributed by atoms with E-state index in [0.29, 0.717) is 12.1 Å². The first-order valence-corrected chi connectivity index (χ1v) is 8.18. The zero-order chi connectivity index (χ0) is 14.4. The Labute approximate surface area is 140 Å². The molecule has 1 aliphatic heterocycles. The van der Waals surface area contributed by atoms with Crippen LogP contribution in [0.2, 0.25) is 0 Å². The summed E-state index contributed by atoms with van der Waals surface area (Å²) in [5.74, 6) is 1.33. The molecule has 2 rings (SSSR count). The van der Waals surface area contributed by atoms with Crippen LogP contribution in [0.15, 0.2) is 30.3 Å². The SMILES string of the molecule is CCCCNC(c1ccccc1)=[N+]1C(C)CCCC1C.[Br-]. The molecule has 21 heavy (non-hydrogen) atoms. The van der Waals surface area contributed by atoms with Crippen LogP contribution in [0, 0.1) is 0 Å². The third-order valence-electron chi connectivity index (χ3n) is 4.32. The van der Waals surface area contributed by atoms with Crippen molar-refractivity contribution in [2.75, 3.05) is 6.54 Å². The maximum atomic E-state index is 3.71. The van der Waals surface area contributed by atoms with Crippen LogP contribution in [0.4, 0.5) is 0 Å². The van der Waals surface area contributed by atoms with Crippen LogP contribution in [0.1, 0.15) is 58.4 Å². The smallest absolute Gasteiger partial charge is 0.277 e. The zero-order valence-electron chi connectivity index (χ0n) is 13.6. The van der Waals surface area contributed by atoms with Gasteiger partial charge in [0.1, 0.15) is 0 Å². The van der Waals surface area contributed by atoms with Gasteiger partial charge >= 0.3 is 0 Å². The first-order valence-electron chi connectivity index (χ1n) is 8.18. The molecule has 0 aliphatic carbocycles. The predicted octanol–water partition coefficient (Wildman–Crippen LogP) is 0.800. The second kappa shape index (κ2) is 9.24. The number of halogens is 1. The highest BCUT2D eigenvalue weighted by atomic mass is 79.9. The van der Waals surface area contributed by atoms with E-state index in [-0.39, 0.29) is 17.0 Å². The van der Waals surface area contributed by atoms with Crippen molar-refractivity contribution in [1.82, 2.24) is 5.32 Å². The summed E-state index contributed by atoms with van der Waals surface area (Å²) in [6, 6.07) is 12.1. The average Bonchev–Trinajstić information content (AvgIpc) is 2.46. The molecule has 0 radical (unpaired) electrons. The number of nitrogens with one attached hydrogen (secondary N) is 1. The molecule has 0 saturated carbocycles. The highest BCUT2D eigenvalue weighted by Crippen LogP contribution is 2.19. The molecule has 1 saturated heterocycles. The quantitative estimate of drug-likeness (QED) is 0.481. The fourth-order valence-corrected chi connectivity index (χ4v) is 3.18. The van der Waals surface area contributed by atoms with Gasteiger partial charge in [-0.25, -0.2) is 0 Å². The topological polar surface area (TPSA) is 15.0 Å². The first kappa shape index (κ1) is 18.2. The summed E-state index contributed by atoms with van der Waals surface area (Å²) in [4.78, 5) is 0. The highest BCUT2D eigenvalue weighted by molar-refractivity contribution is 5.95. The van der Waals surface area contributed by atoms with Crippen molar-refractivity contribution in [2.24, 2.45) is 0 Å². The number of rotatable bonds is 4. The van der Waals surface area contributed by atoms with Gasteiger partial charge in [0.15, 0.2) is 0 Å². The lowest BCUT2D eigenvalue weighted by molar-refractivity contribution is -0.606. The van der Waals surface area contributed by atoms with E-state index in [1.807, 2.05) is 0 Å². The van der Waals surface area contributed by atoms with E-state index >= 15 is 0 Å². The zero-order valence-corrected chi connectivity index (χ0v) is 15.2. The average molecular weight is 353 g/mol. The number of nitrogens with zero attached hydrogens (tertiary/aromatic N) is 1. The second-order valence-corrected chi connectivity index (χ2v) is 6.03. The van der Waals surface area contributed by atoms with Crippen molar-refractivity contribution >= 4 is 5.84 Å². The Hall–Kier alpha value is -0.830. The van der Waals surface area contributed by atoms with Crippen molar-refractivity contribution in [3.05, 3.63) is 35.9 Å². The third-order valence-corrected chi connectivity index (χ3v) is 4.32. The Bertz CT molecular complexity index is 430. The minimum absolute atomic E-state index is 0. The molecule has 1 aromatic rings. The molecule has 118 valence electrons. The summed E-state index contributed by atoms with van der Waals surface area (Å²) in [6.07, 6.45) is 6.43. The van der Waals surface area contributed by atoms with Crippen molar-refractivity contribution in [3.8, 4) is 0 Å². The third kappa shape index (κ3) is 4.84. The molecule has 2 atom stereocenters. The molecule has 1 N–H and O–H groups in total. The van der Waals surface area contributed by atoms with Crippen molar-refractivity contribution < 1.29 is 21.6 Å². The number of benzene rings is 1. The van der Waals surface area contributed by atoms with Gasteiger partial charge in [-0.1, -0.05) is 31.5 Å². The molecule has 1 heterocycles. The molecular formula is C18H29BrN2. The number of amidine groups is 1. The molecule has 1 fully saturated rings. The number of piperidine rings is 1. The molecular weight excluding hydrogens is 324 g/mol. The van der Waals surface area contributed by atoms with E-state index in [1.54, 1.807) is 0 Å². The Kier molecular flexibility index (Phi) is 8.02. The minimum atomic E-state index is 0. The monoisotopic (exact) mass is 352 g/mol. The van der Waals surface area contributed by atoms with E-state index in [1.165, 1.54) is 43.5 Å². The van der Waals surface area contributed by atoms with Crippen LogP contribution in [-0.2, 0) is 0 Å². The van der Waals surface area contributed by atoms with Gasteiger partial charge in [0.2, 0.25) is 0 Å². The van der Waals surface area contributed by atoms with Crippen LogP contribution in [0.25, 0.3) is 0 Å². The summed E-state index contributed by atoms with van der Waals surface area (Å²) in [6.45, 7) is 8.03. The minimum Gasteiger partial charge on any atom is -1.00 e. The van der Waals surface area contributed by atoms with Crippen LogP contribution in [0.5, 0.6) is 0 Å². The van der Waals surface area contributed by atoms with Crippen LogP contribution >= 0.6 is 0 Å².